The molecule has 0 saturated carbocycles. The monoisotopic (exact) mass is 260 g/mol. The van der Waals surface area contributed by atoms with Crippen molar-refractivity contribution in [3.05, 3.63) is 35.4 Å². The van der Waals surface area contributed by atoms with Crippen LogP contribution >= 0.6 is 0 Å². The van der Waals surface area contributed by atoms with E-state index in [-0.39, 0.29) is 5.91 Å². The van der Waals surface area contributed by atoms with Gasteiger partial charge in [-0.05, 0) is 38.8 Å². The summed E-state index contributed by atoms with van der Waals surface area (Å²) in [5.41, 5.74) is 2.34. The number of nitrogens with zero attached hydrogens (tertiary/aromatic N) is 1. The second kappa shape index (κ2) is 6.71. The Hall–Kier alpha value is -1.35. The molecule has 1 heterocycles. The van der Waals surface area contributed by atoms with Crippen LogP contribution in [0.4, 0.5) is 0 Å². The Bertz CT molecular complexity index is 429. The predicted molar refractivity (Wildman–Crippen MR) is 78.2 cm³/mol. The molecule has 2 rings (SSSR count). The summed E-state index contributed by atoms with van der Waals surface area (Å²) in [5, 5.41) is 3.20. The summed E-state index contributed by atoms with van der Waals surface area (Å²) in [6.07, 6.45) is 4.03. The fourth-order valence-electron chi connectivity index (χ4n) is 2.88. The molecule has 1 atom stereocenters. The lowest BCUT2D eigenvalue weighted by Crippen LogP contribution is -2.48. The number of rotatable bonds is 4. The van der Waals surface area contributed by atoms with Gasteiger partial charge in [-0.15, -0.1) is 0 Å². The lowest BCUT2D eigenvalue weighted by molar-refractivity contribution is -0.134. The topological polar surface area (TPSA) is 32.3 Å². The SMILES string of the molecule is CNCC1CCCCN1C(=O)Cc1cccc(C)c1. The van der Waals surface area contributed by atoms with Gasteiger partial charge in [0, 0.05) is 19.1 Å². The molecular formula is C16H24N2O. The number of likely N-dealkylation sites (N-methyl/N-ethyl adjacent to an activating group) is 1. The van der Waals surface area contributed by atoms with Gasteiger partial charge < -0.3 is 10.2 Å². The first kappa shape index (κ1) is 14.1. The van der Waals surface area contributed by atoms with Crippen molar-refractivity contribution in [2.24, 2.45) is 0 Å². The van der Waals surface area contributed by atoms with Crippen molar-refractivity contribution in [2.75, 3.05) is 20.1 Å². The summed E-state index contributed by atoms with van der Waals surface area (Å²) in [6, 6.07) is 8.62. The molecule has 1 N–H and O–H groups in total. The number of likely N-dealkylation sites (tertiary alicyclic amines) is 1. The second-order valence-corrected chi connectivity index (χ2v) is 5.46. The molecule has 0 bridgehead atoms. The van der Waals surface area contributed by atoms with E-state index in [1.165, 1.54) is 12.0 Å². The van der Waals surface area contributed by atoms with Gasteiger partial charge in [-0.3, -0.25) is 4.79 Å². The van der Waals surface area contributed by atoms with E-state index in [1.807, 2.05) is 19.2 Å². The minimum absolute atomic E-state index is 0.269. The number of amides is 1. The quantitative estimate of drug-likeness (QED) is 0.899. The molecule has 1 fully saturated rings. The summed E-state index contributed by atoms with van der Waals surface area (Å²) in [7, 11) is 1.96. The first-order valence-corrected chi connectivity index (χ1v) is 7.20. The van der Waals surface area contributed by atoms with Crippen LogP contribution in [0.1, 0.15) is 30.4 Å². The van der Waals surface area contributed by atoms with Gasteiger partial charge in [-0.2, -0.15) is 0 Å². The van der Waals surface area contributed by atoms with Crippen LogP contribution in [0.25, 0.3) is 0 Å². The molecule has 0 spiro atoms. The molecule has 3 nitrogen and oxygen atoms in total. The van der Waals surface area contributed by atoms with Gasteiger partial charge in [-0.1, -0.05) is 29.8 Å². The van der Waals surface area contributed by atoms with Gasteiger partial charge in [0.05, 0.1) is 6.42 Å². The number of carbonyl (C=O) groups is 1. The van der Waals surface area contributed by atoms with Crippen LogP contribution in [0.15, 0.2) is 24.3 Å². The molecule has 0 radical (unpaired) electrons. The summed E-state index contributed by atoms with van der Waals surface area (Å²) < 4.78 is 0. The van der Waals surface area contributed by atoms with Crippen LogP contribution in [0, 0.1) is 6.92 Å². The Morgan fingerprint density at radius 2 is 2.26 bits per heavy atom. The van der Waals surface area contributed by atoms with Crippen molar-refractivity contribution in [1.29, 1.82) is 0 Å². The lowest BCUT2D eigenvalue weighted by Gasteiger charge is -2.36. The highest BCUT2D eigenvalue weighted by atomic mass is 16.2. The molecule has 0 aliphatic carbocycles. The highest BCUT2D eigenvalue weighted by Crippen LogP contribution is 2.18. The van der Waals surface area contributed by atoms with E-state index in [0.717, 1.165) is 31.5 Å². The van der Waals surface area contributed by atoms with Gasteiger partial charge in [0.25, 0.3) is 0 Å². The Kier molecular flexibility index (Phi) is 4.97. The van der Waals surface area contributed by atoms with Crippen LogP contribution in [-0.4, -0.2) is 37.0 Å². The smallest absolute Gasteiger partial charge is 0.227 e. The molecule has 1 unspecified atom stereocenters. The molecule has 19 heavy (non-hydrogen) atoms. The fraction of sp³-hybridized carbons (Fsp3) is 0.562. The number of piperidine rings is 1. The highest BCUT2D eigenvalue weighted by molar-refractivity contribution is 5.79. The standard InChI is InChI=1S/C16H24N2O/c1-13-6-5-7-14(10-13)11-16(19)18-9-4-3-8-15(18)12-17-2/h5-7,10,15,17H,3-4,8-9,11-12H2,1-2H3. The Labute approximate surface area is 116 Å². The number of hydrogen-bond acceptors (Lipinski definition) is 2. The minimum Gasteiger partial charge on any atom is -0.338 e. The van der Waals surface area contributed by atoms with Gasteiger partial charge in [0.2, 0.25) is 5.91 Å². The first-order chi connectivity index (χ1) is 9.20. The van der Waals surface area contributed by atoms with E-state index in [9.17, 15) is 4.79 Å². The number of aryl methyl sites for hydroxylation is 1. The maximum Gasteiger partial charge on any atom is 0.227 e. The van der Waals surface area contributed by atoms with Crippen LogP contribution < -0.4 is 5.32 Å². The lowest BCUT2D eigenvalue weighted by atomic mass is 10.0. The Balaban J connectivity index is 2.01. The van der Waals surface area contributed by atoms with E-state index < -0.39 is 0 Å². The van der Waals surface area contributed by atoms with Crippen molar-refractivity contribution in [1.82, 2.24) is 10.2 Å². The van der Waals surface area contributed by atoms with E-state index in [4.69, 9.17) is 0 Å². The third kappa shape index (κ3) is 3.80. The number of benzene rings is 1. The molecule has 1 aromatic rings. The molecule has 1 amide bonds. The second-order valence-electron chi connectivity index (χ2n) is 5.46. The first-order valence-electron chi connectivity index (χ1n) is 7.20. The fourth-order valence-corrected chi connectivity index (χ4v) is 2.88. The Morgan fingerprint density at radius 3 is 3.00 bits per heavy atom. The number of nitrogens with one attached hydrogen (secondary N) is 1. The highest BCUT2D eigenvalue weighted by Gasteiger charge is 2.25. The molecule has 104 valence electrons. The molecular weight excluding hydrogens is 236 g/mol. The van der Waals surface area contributed by atoms with Gasteiger partial charge in [0.15, 0.2) is 0 Å². The number of hydrogen-bond donors (Lipinski definition) is 1. The largest absolute Gasteiger partial charge is 0.338 e. The zero-order valence-electron chi connectivity index (χ0n) is 12.0. The van der Waals surface area contributed by atoms with Crippen molar-refractivity contribution in [2.45, 2.75) is 38.6 Å². The average Bonchev–Trinajstić information content (AvgIpc) is 2.39. The third-order valence-electron chi connectivity index (χ3n) is 3.83. The van der Waals surface area contributed by atoms with E-state index in [0.29, 0.717) is 12.5 Å². The third-order valence-corrected chi connectivity index (χ3v) is 3.83. The zero-order chi connectivity index (χ0) is 13.7. The maximum absolute atomic E-state index is 12.5. The van der Waals surface area contributed by atoms with Crippen molar-refractivity contribution >= 4 is 5.91 Å². The van der Waals surface area contributed by atoms with Gasteiger partial charge in [0.1, 0.15) is 0 Å². The van der Waals surface area contributed by atoms with Crippen LogP contribution in [0.5, 0.6) is 0 Å². The normalized spacial score (nSPS) is 19.5. The molecule has 1 aliphatic heterocycles. The minimum atomic E-state index is 0.269. The van der Waals surface area contributed by atoms with Crippen molar-refractivity contribution < 1.29 is 4.79 Å². The van der Waals surface area contributed by atoms with Gasteiger partial charge in [-0.25, -0.2) is 0 Å². The predicted octanol–water partition coefficient (Wildman–Crippen LogP) is 2.14. The summed E-state index contributed by atoms with van der Waals surface area (Å²) in [4.78, 5) is 14.5. The molecule has 3 heteroatoms. The van der Waals surface area contributed by atoms with Crippen LogP contribution in [-0.2, 0) is 11.2 Å². The van der Waals surface area contributed by atoms with Gasteiger partial charge >= 0.3 is 0 Å². The van der Waals surface area contributed by atoms with E-state index in [1.54, 1.807) is 0 Å². The van der Waals surface area contributed by atoms with Crippen molar-refractivity contribution in [3.8, 4) is 0 Å². The van der Waals surface area contributed by atoms with E-state index >= 15 is 0 Å². The Morgan fingerprint density at radius 1 is 1.42 bits per heavy atom. The van der Waals surface area contributed by atoms with Crippen LogP contribution in [0.2, 0.25) is 0 Å². The number of carbonyl (C=O) groups excluding carboxylic acids is 1. The maximum atomic E-state index is 12.5. The average molecular weight is 260 g/mol. The molecule has 1 aromatic carbocycles. The zero-order valence-corrected chi connectivity index (χ0v) is 12.0. The van der Waals surface area contributed by atoms with Crippen molar-refractivity contribution in [3.63, 3.8) is 0 Å². The summed E-state index contributed by atoms with van der Waals surface area (Å²) in [6.45, 7) is 3.88. The van der Waals surface area contributed by atoms with E-state index in [2.05, 4.69) is 29.3 Å². The molecule has 1 aliphatic rings. The molecule has 1 saturated heterocycles. The summed E-state index contributed by atoms with van der Waals surface area (Å²) in [5.74, 6) is 0.269. The molecule has 0 aromatic heterocycles. The summed E-state index contributed by atoms with van der Waals surface area (Å²) >= 11 is 0. The van der Waals surface area contributed by atoms with Crippen LogP contribution in [0.3, 0.4) is 0 Å².